The molecule has 16 heavy (non-hydrogen) atoms. The Bertz CT molecular complexity index is 299. The van der Waals surface area contributed by atoms with Crippen LogP contribution >= 0.6 is 0 Å². The Hall–Kier alpha value is -0.860. The number of methoxy groups -OCH3 is 1. The van der Waals surface area contributed by atoms with E-state index in [0.29, 0.717) is 6.61 Å². The van der Waals surface area contributed by atoms with Gasteiger partial charge in [-0.25, -0.2) is 0 Å². The van der Waals surface area contributed by atoms with Crippen molar-refractivity contribution in [1.82, 2.24) is 5.32 Å². The van der Waals surface area contributed by atoms with E-state index in [9.17, 15) is 0 Å². The highest BCUT2D eigenvalue weighted by Gasteiger charge is 1.99. The minimum Gasteiger partial charge on any atom is -0.380 e. The molecule has 0 aliphatic heterocycles. The molecule has 0 bridgehead atoms. The average molecular weight is 221 g/mol. The molecule has 0 saturated carbocycles. The maximum absolute atomic E-state index is 5.12. The summed E-state index contributed by atoms with van der Waals surface area (Å²) in [7, 11) is 1.73. The molecule has 0 aliphatic rings. The zero-order chi connectivity index (χ0) is 11.8. The van der Waals surface area contributed by atoms with Crippen molar-refractivity contribution < 1.29 is 4.74 Å². The van der Waals surface area contributed by atoms with E-state index in [0.717, 1.165) is 19.0 Å². The van der Waals surface area contributed by atoms with E-state index >= 15 is 0 Å². The SMILES string of the molecule is CCC(C)CNCc1cccc(COC)c1. The molecule has 0 radical (unpaired) electrons. The number of rotatable bonds is 7. The predicted molar refractivity (Wildman–Crippen MR) is 68.3 cm³/mol. The lowest BCUT2D eigenvalue weighted by atomic mass is 10.1. The lowest BCUT2D eigenvalue weighted by Crippen LogP contribution is -2.20. The van der Waals surface area contributed by atoms with Gasteiger partial charge in [0, 0.05) is 13.7 Å². The van der Waals surface area contributed by atoms with Crippen LogP contribution in [-0.2, 0) is 17.9 Å². The van der Waals surface area contributed by atoms with Gasteiger partial charge in [-0.1, -0.05) is 44.5 Å². The second-order valence-electron chi connectivity index (χ2n) is 4.40. The Morgan fingerprint density at radius 3 is 2.75 bits per heavy atom. The van der Waals surface area contributed by atoms with Crippen molar-refractivity contribution in [1.29, 1.82) is 0 Å². The molecule has 0 heterocycles. The molecule has 1 atom stereocenters. The van der Waals surface area contributed by atoms with Gasteiger partial charge in [0.1, 0.15) is 0 Å². The molecular formula is C14H23NO. The summed E-state index contributed by atoms with van der Waals surface area (Å²) in [6, 6.07) is 8.55. The normalized spacial score (nSPS) is 12.7. The largest absolute Gasteiger partial charge is 0.380 e. The highest BCUT2D eigenvalue weighted by Crippen LogP contribution is 2.06. The van der Waals surface area contributed by atoms with Crippen LogP contribution in [0.1, 0.15) is 31.4 Å². The summed E-state index contributed by atoms with van der Waals surface area (Å²) >= 11 is 0. The second-order valence-corrected chi connectivity index (χ2v) is 4.40. The van der Waals surface area contributed by atoms with Crippen molar-refractivity contribution in [3.63, 3.8) is 0 Å². The average Bonchev–Trinajstić information content (AvgIpc) is 2.30. The Morgan fingerprint density at radius 1 is 1.31 bits per heavy atom. The smallest absolute Gasteiger partial charge is 0.0713 e. The zero-order valence-electron chi connectivity index (χ0n) is 10.6. The van der Waals surface area contributed by atoms with Gasteiger partial charge >= 0.3 is 0 Å². The quantitative estimate of drug-likeness (QED) is 0.764. The van der Waals surface area contributed by atoms with Gasteiger partial charge in [-0.15, -0.1) is 0 Å². The Kier molecular flexibility index (Phi) is 6.12. The molecule has 0 saturated heterocycles. The highest BCUT2D eigenvalue weighted by atomic mass is 16.5. The van der Waals surface area contributed by atoms with Crippen LogP contribution in [0.5, 0.6) is 0 Å². The van der Waals surface area contributed by atoms with Gasteiger partial charge in [0.25, 0.3) is 0 Å². The van der Waals surface area contributed by atoms with Crippen molar-refractivity contribution in [3.8, 4) is 0 Å². The molecule has 2 heteroatoms. The Balaban J connectivity index is 2.38. The molecule has 1 unspecified atom stereocenters. The standard InChI is InChI=1S/C14H23NO/c1-4-12(2)9-15-10-13-6-5-7-14(8-13)11-16-3/h5-8,12,15H,4,9-11H2,1-3H3. The van der Waals surface area contributed by atoms with Crippen LogP contribution in [0.2, 0.25) is 0 Å². The van der Waals surface area contributed by atoms with Gasteiger partial charge < -0.3 is 10.1 Å². The highest BCUT2D eigenvalue weighted by molar-refractivity contribution is 5.22. The molecule has 1 N–H and O–H groups in total. The molecule has 1 aromatic carbocycles. The second kappa shape index (κ2) is 7.42. The topological polar surface area (TPSA) is 21.3 Å². The third-order valence-electron chi connectivity index (χ3n) is 2.82. The van der Waals surface area contributed by atoms with E-state index in [1.54, 1.807) is 7.11 Å². The molecule has 0 spiro atoms. The van der Waals surface area contributed by atoms with E-state index in [4.69, 9.17) is 4.74 Å². The molecule has 1 rings (SSSR count). The van der Waals surface area contributed by atoms with E-state index in [1.165, 1.54) is 17.5 Å². The molecular weight excluding hydrogens is 198 g/mol. The number of nitrogens with one attached hydrogen (secondary N) is 1. The Labute approximate surface area is 99.0 Å². The summed E-state index contributed by atoms with van der Waals surface area (Å²) in [5, 5.41) is 3.48. The van der Waals surface area contributed by atoms with Crippen molar-refractivity contribution >= 4 is 0 Å². The summed E-state index contributed by atoms with van der Waals surface area (Å²) in [6.45, 7) is 7.23. The monoisotopic (exact) mass is 221 g/mol. The van der Waals surface area contributed by atoms with Gasteiger partial charge in [0.05, 0.1) is 6.61 Å². The maximum Gasteiger partial charge on any atom is 0.0713 e. The number of benzene rings is 1. The lowest BCUT2D eigenvalue weighted by Gasteiger charge is -2.10. The van der Waals surface area contributed by atoms with Gasteiger partial charge in [-0.2, -0.15) is 0 Å². The summed E-state index contributed by atoms with van der Waals surface area (Å²) in [5.74, 6) is 0.752. The van der Waals surface area contributed by atoms with E-state index in [1.807, 2.05) is 0 Å². The van der Waals surface area contributed by atoms with E-state index in [-0.39, 0.29) is 0 Å². The number of hydrogen-bond donors (Lipinski definition) is 1. The summed E-state index contributed by atoms with van der Waals surface area (Å²) in [4.78, 5) is 0. The first-order chi connectivity index (χ1) is 7.76. The van der Waals surface area contributed by atoms with Crippen LogP contribution in [0.25, 0.3) is 0 Å². The first kappa shape index (κ1) is 13.2. The van der Waals surface area contributed by atoms with Crippen LogP contribution in [-0.4, -0.2) is 13.7 Å². The van der Waals surface area contributed by atoms with Crippen LogP contribution < -0.4 is 5.32 Å². The fourth-order valence-electron chi connectivity index (χ4n) is 1.60. The molecule has 0 aromatic heterocycles. The molecule has 1 aromatic rings. The third kappa shape index (κ3) is 4.77. The minimum atomic E-state index is 0.694. The van der Waals surface area contributed by atoms with Gasteiger partial charge in [-0.05, 0) is 23.6 Å². The fourth-order valence-corrected chi connectivity index (χ4v) is 1.60. The molecule has 2 nitrogen and oxygen atoms in total. The van der Waals surface area contributed by atoms with Crippen molar-refractivity contribution in [2.24, 2.45) is 5.92 Å². The predicted octanol–water partition coefficient (Wildman–Crippen LogP) is 2.97. The molecule has 90 valence electrons. The minimum absolute atomic E-state index is 0.694. The van der Waals surface area contributed by atoms with Crippen molar-refractivity contribution in [2.75, 3.05) is 13.7 Å². The zero-order valence-corrected chi connectivity index (χ0v) is 10.6. The summed E-state index contributed by atoms with van der Waals surface area (Å²) in [5.41, 5.74) is 2.57. The first-order valence-electron chi connectivity index (χ1n) is 6.03. The summed E-state index contributed by atoms with van der Waals surface area (Å²) in [6.07, 6.45) is 1.23. The first-order valence-corrected chi connectivity index (χ1v) is 6.03. The van der Waals surface area contributed by atoms with E-state index < -0.39 is 0 Å². The number of ether oxygens (including phenoxy) is 1. The molecule has 0 amide bonds. The van der Waals surface area contributed by atoms with Crippen LogP contribution in [0, 0.1) is 5.92 Å². The molecule has 0 fully saturated rings. The fraction of sp³-hybridized carbons (Fsp3) is 0.571. The van der Waals surface area contributed by atoms with Crippen LogP contribution in [0.3, 0.4) is 0 Å². The van der Waals surface area contributed by atoms with Gasteiger partial charge in [0.2, 0.25) is 0 Å². The van der Waals surface area contributed by atoms with Gasteiger partial charge in [-0.3, -0.25) is 0 Å². The van der Waals surface area contributed by atoms with Crippen LogP contribution in [0.15, 0.2) is 24.3 Å². The number of hydrogen-bond acceptors (Lipinski definition) is 2. The lowest BCUT2D eigenvalue weighted by molar-refractivity contribution is 0.185. The summed E-state index contributed by atoms with van der Waals surface area (Å²) < 4.78 is 5.12. The van der Waals surface area contributed by atoms with E-state index in [2.05, 4.69) is 43.4 Å². The van der Waals surface area contributed by atoms with Gasteiger partial charge in [0.15, 0.2) is 0 Å². The maximum atomic E-state index is 5.12. The van der Waals surface area contributed by atoms with Crippen molar-refractivity contribution in [2.45, 2.75) is 33.4 Å². The Morgan fingerprint density at radius 2 is 2.06 bits per heavy atom. The van der Waals surface area contributed by atoms with Crippen molar-refractivity contribution in [3.05, 3.63) is 35.4 Å². The van der Waals surface area contributed by atoms with Crippen LogP contribution in [0.4, 0.5) is 0 Å². The third-order valence-corrected chi connectivity index (χ3v) is 2.82. The molecule has 0 aliphatic carbocycles.